The molecule has 0 aromatic rings. The molecule has 6 N–H and O–H groups in total. The first-order valence-corrected chi connectivity index (χ1v) is 8.29. The van der Waals surface area contributed by atoms with Gasteiger partial charge < -0.3 is 21.7 Å². The van der Waals surface area contributed by atoms with Crippen molar-refractivity contribution in [1.29, 1.82) is 0 Å². The number of allylic oxidation sites excluding steroid dienone is 4. The highest BCUT2D eigenvalue weighted by molar-refractivity contribution is 5.47. The van der Waals surface area contributed by atoms with Crippen molar-refractivity contribution in [3.63, 3.8) is 0 Å². The number of hydrogen-bond acceptors (Lipinski definition) is 4. The molecule has 0 radical (unpaired) electrons. The van der Waals surface area contributed by atoms with Crippen molar-refractivity contribution in [1.82, 2.24) is 0 Å². The second-order valence-corrected chi connectivity index (χ2v) is 7.87. The Balaban J connectivity index is 2.73. The van der Waals surface area contributed by atoms with Crippen LogP contribution in [0.2, 0.25) is 0 Å². The predicted octanol–water partition coefficient (Wildman–Crippen LogP) is 1.96. The monoisotopic (exact) mass is 330 g/mol. The van der Waals surface area contributed by atoms with Gasteiger partial charge >= 0.3 is 0 Å². The van der Waals surface area contributed by atoms with E-state index in [2.05, 4.69) is 6.58 Å². The molecule has 4 unspecified atom stereocenters. The second-order valence-electron chi connectivity index (χ2n) is 7.87. The van der Waals surface area contributed by atoms with Gasteiger partial charge in [-0.1, -0.05) is 55.2 Å². The van der Waals surface area contributed by atoms with Crippen molar-refractivity contribution in [3.8, 4) is 0 Å². The Morgan fingerprint density at radius 3 is 1.42 bits per heavy atom. The van der Waals surface area contributed by atoms with Gasteiger partial charge in [-0.2, -0.15) is 0 Å². The average Bonchev–Trinajstić information content (AvgIpc) is 2.45. The Kier molecular flexibility index (Phi) is 4.57. The molecular formula is C20H30N2O2. The van der Waals surface area contributed by atoms with Gasteiger partial charge in [0, 0.05) is 12.1 Å². The first-order chi connectivity index (χ1) is 10.9. The molecule has 0 saturated heterocycles. The Labute approximate surface area is 144 Å². The molecule has 24 heavy (non-hydrogen) atoms. The zero-order valence-corrected chi connectivity index (χ0v) is 15.0. The van der Waals surface area contributed by atoms with Crippen molar-refractivity contribution in [3.05, 3.63) is 60.8 Å². The lowest BCUT2D eigenvalue weighted by atomic mass is 9.50. The van der Waals surface area contributed by atoms with Crippen molar-refractivity contribution in [2.45, 2.75) is 51.0 Å². The molecule has 0 heterocycles. The molecule has 0 spiro atoms. The first kappa shape index (κ1) is 18.9. The van der Waals surface area contributed by atoms with Crippen molar-refractivity contribution >= 4 is 0 Å². The summed E-state index contributed by atoms with van der Waals surface area (Å²) in [5.74, 6) is 0. The molecule has 0 aromatic heterocycles. The summed E-state index contributed by atoms with van der Waals surface area (Å²) in [6.45, 7) is 11.2. The summed E-state index contributed by atoms with van der Waals surface area (Å²) in [7, 11) is 0. The topological polar surface area (TPSA) is 92.5 Å². The fourth-order valence-electron chi connectivity index (χ4n) is 4.22. The summed E-state index contributed by atoms with van der Waals surface area (Å²) in [5.41, 5.74) is 9.15. The van der Waals surface area contributed by atoms with Gasteiger partial charge in [-0.3, -0.25) is 0 Å². The molecule has 0 aromatic carbocycles. The van der Waals surface area contributed by atoms with Gasteiger partial charge in [0.2, 0.25) is 0 Å². The highest BCUT2D eigenvalue weighted by Crippen LogP contribution is 2.56. The van der Waals surface area contributed by atoms with Crippen LogP contribution in [0.1, 0.15) is 27.7 Å². The molecule has 0 saturated carbocycles. The van der Waals surface area contributed by atoms with Crippen LogP contribution >= 0.6 is 0 Å². The standard InChI is InChI=1S/C20H30N2O2/c1-14(19(17(2,3)23)12-8-6-10-15(19)21)20(18(4,5)24)13-9-7-11-16(20)22/h6-13,15-16,23-24H,1,21-22H2,2-5H3. The minimum absolute atomic E-state index is 0.485. The second kappa shape index (κ2) is 5.81. The Bertz CT molecular complexity index is 577. The van der Waals surface area contributed by atoms with Gasteiger partial charge in [0.25, 0.3) is 0 Å². The van der Waals surface area contributed by atoms with E-state index in [1.54, 1.807) is 27.7 Å². The summed E-state index contributed by atoms with van der Waals surface area (Å²) in [6, 6.07) is -0.971. The molecule has 0 fully saturated rings. The summed E-state index contributed by atoms with van der Waals surface area (Å²) >= 11 is 0. The zero-order valence-electron chi connectivity index (χ0n) is 15.0. The van der Waals surface area contributed by atoms with Crippen molar-refractivity contribution < 1.29 is 10.2 Å². The average molecular weight is 330 g/mol. The van der Waals surface area contributed by atoms with E-state index in [4.69, 9.17) is 11.5 Å². The van der Waals surface area contributed by atoms with Crippen molar-refractivity contribution in [2.75, 3.05) is 0 Å². The van der Waals surface area contributed by atoms with Gasteiger partial charge in [0.15, 0.2) is 0 Å². The molecule has 0 aliphatic heterocycles. The summed E-state index contributed by atoms with van der Waals surface area (Å²) in [5, 5.41) is 22.1. The van der Waals surface area contributed by atoms with Gasteiger partial charge in [-0.15, -0.1) is 0 Å². The quantitative estimate of drug-likeness (QED) is 0.593. The van der Waals surface area contributed by atoms with Gasteiger partial charge in [0.1, 0.15) is 0 Å². The number of rotatable bonds is 4. The summed E-state index contributed by atoms with van der Waals surface area (Å²) < 4.78 is 0. The number of aliphatic hydroxyl groups is 2. The van der Waals surface area contributed by atoms with E-state index in [-0.39, 0.29) is 0 Å². The lowest BCUT2D eigenvalue weighted by Gasteiger charge is -2.57. The smallest absolute Gasteiger partial charge is 0.0737 e. The van der Waals surface area contributed by atoms with Crippen LogP contribution in [-0.4, -0.2) is 33.5 Å². The van der Waals surface area contributed by atoms with E-state index in [1.807, 2.05) is 48.6 Å². The minimum Gasteiger partial charge on any atom is -0.389 e. The maximum absolute atomic E-state index is 11.0. The van der Waals surface area contributed by atoms with E-state index in [1.165, 1.54) is 0 Å². The fourth-order valence-corrected chi connectivity index (χ4v) is 4.22. The normalized spacial score (nSPS) is 36.2. The molecule has 4 heteroatoms. The van der Waals surface area contributed by atoms with Crippen molar-refractivity contribution in [2.24, 2.45) is 22.3 Å². The summed E-state index contributed by atoms with van der Waals surface area (Å²) in [4.78, 5) is 0. The lowest BCUT2D eigenvalue weighted by molar-refractivity contribution is -0.0594. The summed E-state index contributed by atoms with van der Waals surface area (Å²) in [6.07, 6.45) is 14.9. The third-order valence-electron chi connectivity index (χ3n) is 5.65. The molecule has 4 atom stereocenters. The maximum Gasteiger partial charge on any atom is 0.0737 e. The zero-order chi connectivity index (χ0) is 18.4. The largest absolute Gasteiger partial charge is 0.389 e. The van der Waals surface area contributed by atoms with Crippen LogP contribution in [0.3, 0.4) is 0 Å². The minimum atomic E-state index is -1.20. The molecule has 0 bridgehead atoms. The van der Waals surface area contributed by atoms with Crippen LogP contribution in [0.4, 0.5) is 0 Å². The lowest BCUT2D eigenvalue weighted by Crippen LogP contribution is -2.64. The van der Waals surface area contributed by atoms with Crippen LogP contribution < -0.4 is 11.5 Å². The highest BCUT2D eigenvalue weighted by Gasteiger charge is 2.59. The highest BCUT2D eigenvalue weighted by atomic mass is 16.3. The molecule has 2 rings (SSSR count). The van der Waals surface area contributed by atoms with Gasteiger partial charge in [0.05, 0.1) is 22.0 Å². The molecule has 2 aliphatic rings. The Hall–Kier alpha value is -1.46. The molecular weight excluding hydrogens is 300 g/mol. The third kappa shape index (κ3) is 2.45. The Morgan fingerprint density at radius 2 is 1.17 bits per heavy atom. The van der Waals surface area contributed by atoms with E-state index in [0.29, 0.717) is 5.57 Å². The van der Waals surface area contributed by atoms with Gasteiger partial charge in [-0.05, 0) is 33.3 Å². The molecule has 2 aliphatic carbocycles. The number of hydrogen-bond donors (Lipinski definition) is 4. The molecule has 0 amide bonds. The third-order valence-corrected chi connectivity index (χ3v) is 5.65. The molecule has 4 nitrogen and oxygen atoms in total. The first-order valence-electron chi connectivity index (χ1n) is 8.29. The predicted molar refractivity (Wildman–Crippen MR) is 99.1 cm³/mol. The molecule has 132 valence electrons. The van der Waals surface area contributed by atoms with Crippen LogP contribution in [0.25, 0.3) is 0 Å². The number of nitrogens with two attached hydrogens (primary N) is 2. The Morgan fingerprint density at radius 1 is 0.833 bits per heavy atom. The van der Waals surface area contributed by atoms with E-state index in [0.717, 1.165) is 0 Å². The van der Waals surface area contributed by atoms with Crippen LogP contribution in [-0.2, 0) is 0 Å². The van der Waals surface area contributed by atoms with Crippen LogP contribution in [0, 0.1) is 10.8 Å². The van der Waals surface area contributed by atoms with E-state index in [9.17, 15) is 10.2 Å². The van der Waals surface area contributed by atoms with Crippen LogP contribution in [0.5, 0.6) is 0 Å². The van der Waals surface area contributed by atoms with Gasteiger partial charge in [-0.25, -0.2) is 0 Å². The van der Waals surface area contributed by atoms with E-state index < -0.39 is 34.1 Å². The van der Waals surface area contributed by atoms with Crippen LogP contribution in [0.15, 0.2) is 60.8 Å². The maximum atomic E-state index is 11.0. The van der Waals surface area contributed by atoms with E-state index >= 15 is 0 Å². The SMILES string of the molecule is C=C(C1(C(C)(C)O)C=CC=CC1N)C1(C(C)(C)O)C=CC=CC1N. The fraction of sp³-hybridized carbons (Fsp3) is 0.500.